The minimum Gasteiger partial charge on any atom is -0.507 e. The first kappa shape index (κ1) is 26.0. The number of methoxy groups -OCH3 is 1. The number of hydrogen-bond acceptors (Lipinski definition) is 7. The SMILES string of the molecule is COCCCN1C(=O)C(=O)/C(=C(/O)c2ccc(S(=O)(=O)N3CCOCC3)cc2)[C@@H]1c1ccc(F)cc1. The zero-order valence-electron chi connectivity index (χ0n) is 19.7. The van der Waals surface area contributed by atoms with Crippen LogP contribution in [0.5, 0.6) is 0 Å². The lowest BCUT2D eigenvalue weighted by Crippen LogP contribution is -2.40. The molecule has 0 unspecified atom stereocenters. The van der Waals surface area contributed by atoms with E-state index in [4.69, 9.17) is 9.47 Å². The van der Waals surface area contributed by atoms with Crippen LogP contribution in [-0.4, -0.2) is 81.0 Å². The van der Waals surface area contributed by atoms with Gasteiger partial charge in [0.2, 0.25) is 10.0 Å². The molecule has 0 aliphatic carbocycles. The van der Waals surface area contributed by atoms with Crippen molar-refractivity contribution in [2.24, 2.45) is 0 Å². The van der Waals surface area contributed by atoms with Crippen molar-refractivity contribution in [3.05, 3.63) is 71.0 Å². The van der Waals surface area contributed by atoms with Crippen molar-refractivity contribution >= 4 is 27.5 Å². The third-order valence-corrected chi connectivity index (χ3v) is 8.12. The number of Topliss-reactive ketones (excluding diaryl/α,β-unsaturated/α-hetero) is 1. The molecule has 1 N–H and O–H groups in total. The van der Waals surface area contributed by atoms with Gasteiger partial charge in [-0.25, -0.2) is 12.8 Å². The van der Waals surface area contributed by atoms with Crippen LogP contribution >= 0.6 is 0 Å². The number of rotatable bonds is 8. The van der Waals surface area contributed by atoms with Gasteiger partial charge >= 0.3 is 0 Å². The summed E-state index contributed by atoms with van der Waals surface area (Å²) >= 11 is 0. The number of likely N-dealkylation sites (tertiary alicyclic amines) is 1. The second-order valence-electron chi connectivity index (χ2n) is 8.43. The fraction of sp³-hybridized carbons (Fsp3) is 0.360. The Bertz CT molecular complexity index is 1250. The van der Waals surface area contributed by atoms with Crippen LogP contribution in [0.3, 0.4) is 0 Å². The van der Waals surface area contributed by atoms with Crippen molar-refractivity contribution in [3.63, 3.8) is 0 Å². The third-order valence-electron chi connectivity index (χ3n) is 6.21. The monoisotopic (exact) mass is 518 g/mol. The highest BCUT2D eigenvalue weighted by Crippen LogP contribution is 2.39. The van der Waals surface area contributed by atoms with E-state index in [9.17, 15) is 27.5 Å². The predicted octanol–water partition coefficient (Wildman–Crippen LogP) is 2.30. The third kappa shape index (κ3) is 5.05. The number of carbonyl (C=O) groups excluding carboxylic acids is 2. The largest absolute Gasteiger partial charge is 0.507 e. The average molecular weight is 519 g/mol. The smallest absolute Gasteiger partial charge is 0.295 e. The van der Waals surface area contributed by atoms with Gasteiger partial charge in [0.15, 0.2) is 0 Å². The number of amides is 1. The van der Waals surface area contributed by atoms with E-state index >= 15 is 0 Å². The summed E-state index contributed by atoms with van der Waals surface area (Å²) in [5.74, 6) is -2.57. The molecule has 2 fully saturated rings. The molecule has 9 nitrogen and oxygen atoms in total. The van der Waals surface area contributed by atoms with Crippen LogP contribution in [0, 0.1) is 5.82 Å². The van der Waals surface area contributed by atoms with Crippen LogP contribution in [0.15, 0.2) is 59.0 Å². The molecule has 36 heavy (non-hydrogen) atoms. The van der Waals surface area contributed by atoms with Crippen molar-refractivity contribution in [2.45, 2.75) is 17.4 Å². The number of aliphatic hydroxyl groups excluding tert-OH is 1. The van der Waals surface area contributed by atoms with E-state index in [1.807, 2.05) is 0 Å². The normalized spacial score (nSPS) is 20.7. The van der Waals surface area contributed by atoms with Gasteiger partial charge in [-0.15, -0.1) is 0 Å². The summed E-state index contributed by atoms with van der Waals surface area (Å²) in [6.07, 6.45) is 0.454. The Hall–Kier alpha value is -3.12. The standard InChI is InChI=1S/C25H27FN2O7S/c1-34-14-2-11-28-22(17-3-7-19(26)8-4-17)21(24(30)25(28)31)23(29)18-5-9-20(10-6-18)36(32,33)27-12-15-35-16-13-27/h3-10,22,29H,2,11-16H2,1H3/b23-21+/t22-/m0/s1. The van der Waals surface area contributed by atoms with Crippen LogP contribution in [-0.2, 0) is 29.1 Å². The zero-order valence-corrected chi connectivity index (χ0v) is 20.5. The van der Waals surface area contributed by atoms with E-state index in [-0.39, 0.29) is 35.7 Å². The number of aliphatic hydroxyl groups is 1. The van der Waals surface area contributed by atoms with Crippen LogP contribution in [0.4, 0.5) is 4.39 Å². The number of nitrogens with zero attached hydrogens (tertiary/aromatic N) is 2. The predicted molar refractivity (Wildman–Crippen MR) is 128 cm³/mol. The van der Waals surface area contributed by atoms with Gasteiger partial charge in [0.1, 0.15) is 11.6 Å². The summed E-state index contributed by atoms with van der Waals surface area (Å²) in [7, 11) is -2.22. The minimum absolute atomic E-state index is 0.0380. The molecule has 2 aromatic carbocycles. The first-order chi connectivity index (χ1) is 17.3. The number of morpholine rings is 1. The fourth-order valence-electron chi connectivity index (χ4n) is 4.36. The molecule has 2 aliphatic rings. The summed E-state index contributed by atoms with van der Waals surface area (Å²) in [5.41, 5.74) is 0.492. The second kappa shape index (κ2) is 10.9. The highest BCUT2D eigenvalue weighted by molar-refractivity contribution is 7.89. The summed E-state index contributed by atoms with van der Waals surface area (Å²) in [6.45, 7) is 1.66. The summed E-state index contributed by atoms with van der Waals surface area (Å²) < 4.78 is 51.0. The van der Waals surface area contributed by atoms with Crippen molar-refractivity contribution < 1.29 is 37.0 Å². The van der Waals surface area contributed by atoms with E-state index in [1.54, 1.807) is 0 Å². The van der Waals surface area contributed by atoms with Crippen LogP contribution < -0.4 is 0 Å². The molecule has 11 heteroatoms. The molecule has 1 amide bonds. The number of halogens is 1. The molecular formula is C25H27FN2O7S. The van der Waals surface area contributed by atoms with Crippen LogP contribution in [0.1, 0.15) is 23.6 Å². The molecule has 0 spiro atoms. The van der Waals surface area contributed by atoms with E-state index in [0.717, 1.165) is 0 Å². The molecule has 2 aliphatic heterocycles. The van der Waals surface area contributed by atoms with E-state index in [2.05, 4.69) is 0 Å². The fourth-order valence-corrected chi connectivity index (χ4v) is 5.77. The molecule has 192 valence electrons. The molecule has 0 bridgehead atoms. The molecule has 2 saturated heterocycles. The number of ether oxygens (including phenoxy) is 2. The molecule has 0 saturated carbocycles. The van der Waals surface area contributed by atoms with Gasteiger partial charge in [-0.1, -0.05) is 12.1 Å². The Balaban J connectivity index is 1.71. The van der Waals surface area contributed by atoms with Crippen molar-refractivity contribution in [3.8, 4) is 0 Å². The number of carbonyl (C=O) groups is 2. The van der Waals surface area contributed by atoms with Crippen LogP contribution in [0.2, 0.25) is 0 Å². The molecule has 0 radical (unpaired) electrons. The highest BCUT2D eigenvalue weighted by atomic mass is 32.2. The second-order valence-corrected chi connectivity index (χ2v) is 10.4. The van der Waals surface area contributed by atoms with Gasteiger partial charge in [-0.2, -0.15) is 4.31 Å². The number of benzene rings is 2. The van der Waals surface area contributed by atoms with Crippen LogP contribution in [0.25, 0.3) is 5.76 Å². The maximum Gasteiger partial charge on any atom is 0.295 e. The lowest BCUT2D eigenvalue weighted by molar-refractivity contribution is -0.140. The quantitative estimate of drug-likeness (QED) is 0.247. The number of sulfonamides is 1. The van der Waals surface area contributed by atoms with Gasteiger partial charge in [0.25, 0.3) is 11.7 Å². The molecule has 0 aromatic heterocycles. The van der Waals surface area contributed by atoms with Crippen molar-refractivity contribution in [2.75, 3.05) is 46.6 Å². The topological polar surface area (TPSA) is 113 Å². The molecule has 1 atom stereocenters. The lowest BCUT2D eigenvalue weighted by Gasteiger charge is -2.26. The van der Waals surface area contributed by atoms with Gasteiger partial charge < -0.3 is 19.5 Å². The molecule has 2 aromatic rings. The first-order valence-corrected chi connectivity index (χ1v) is 12.9. The van der Waals surface area contributed by atoms with E-state index in [0.29, 0.717) is 31.8 Å². The van der Waals surface area contributed by atoms with E-state index < -0.39 is 39.3 Å². The van der Waals surface area contributed by atoms with Gasteiger partial charge in [-0.05, 0) is 48.4 Å². The number of hydrogen-bond donors (Lipinski definition) is 1. The van der Waals surface area contributed by atoms with Crippen molar-refractivity contribution in [1.29, 1.82) is 0 Å². The summed E-state index contributed by atoms with van der Waals surface area (Å²) in [5, 5.41) is 11.1. The summed E-state index contributed by atoms with van der Waals surface area (Å²) in [6, 6.07) is 9.90. The minimum atomic E-state index is -3.74. The Labute approximate surface area is 208 Å². The number of ketones is 1. The maximum atomic E-state index is 13.6. The molecular weight excluding hydrogens is 491 g/mol. The zero-order chi connectivity index (χ0) is 25.9. The Morgan fingerprint density at radius 3 is 2.33 bits per heavy atom. The Kier molecular flexibility index (Phi) is 7.84. The van der Waals surface area contributed by atoms with Gasteiger partial charge in [0.05, 0.1) is 29.7 Å². The summed E-state index contributed by atoms with van der Waals surface area (Å²) in [4.78, 5) is 27.3. The molecule has 2 heterocycles. The average Bonchev–Trinajstić information content (AvgIpc) is 3.14. The van der Waals surface area contributed by atoms with Crippen molar-refractivity contribution in [1.82, 2.24) is 9.21 Å². The first-order valence-electron chi connectivity index (χ1n) is 11.5. The van der Waals surface area contributed by atoms with E-state index in [1.165, 1.54) is 64.8 Å². The van der Waals surface area contributed by atoms with Gasteiger partial charge in [-0.3, -0.25) is 9.59 Å². The maximum absolute atomic E-state index is 13.6. The Morgan fingerprint density at radius 1 is 1.08 bits per heavy atom. The lowest BCUT2D eigenvalue weighted by atomic mass is 9.95. The molecule has 4 rings (SSSR count). The Morgan fingerprint density at radius 2 is 1.72 bits per heavy atom. The highest BCUT2D eigenvalue weighted by Gasteiger charge is 2.45. The van der Waals surface area contributed by atoms with Gasteiger partial charge in [0, 0.05) is 38.9 Å².